The molecule has 19 heavy (non-hydrogen) atoms. The zero-order valence-corrected chi connectivity index (χ0v) is 11.0. The van der Waals surface area contributed by atoms with E-state index in [1.165, 1.54) is 19.1 Å². The SMILES string of the molecule is CCOC(=O)C(C)=NNc1ccc(C)cc1[N+](=O)[O-]. The zero-order valence-electron chi connectivity index (χ0n) is 11.0. The number of hydrogen-bond acceptors (Lipinski definition) is 6. The molecule has 0 fully saturated rings. The van der Waals surface area contributed by atoms with Gasteiger partial charge in [-0.2, -0.15) is 5.10 Å². The lowest BCUT2D eigenvalue weighted by molar-refractivity contribution is -0.384. The number of ether oxygens (including phenoxy) is 1. The molecule has 0 radical (unpaired) electrons. The summed E-state index contributed by atoms with van der Waals surface area (Å²) in [7, 11) is 0. The van der Waals surface area contributed by atoms with Crippen LogP contribution in [0.15, 0.2) is 23.3 Å². The molecule has 7 heteroatoms. The average Bonchev–Trinajstić information content (AvgIpc) is 2.36. The van der Waals surface area contributed by atoms with Gasteiger partial charge >= 0.3 is 5.97 Å². The molecule has 0 aliphatic carbocycles. The molecule has 0 spiro atoms. The largest absolute Gasteiger partial charge is 0.461 e. The summed E-state index contributed by atoms with van der Waals surface area (Å²) in [6.45, 7) is 5.15. The number of nitro benzene ring substituents is 1. The van der Waals surface area contributed by atoms with Crippen molar-refractivity contribution in [2.24, 2.45) is 5.10 Å². The lowest BCUT2D eigenvalue weighted by atomic mass is 10.2. The number of hydrazone groups is 1. The first-order valence-corrected chi connectivity index (χ1v) is 5.68. The van der Waals surface area contributed by atoms with Crippen LogP contribution in [0.1, 0.15) is 19.4 Å². The molecule has 1 aromatic carbocycles. The van der Waals surface area contributed by atoms with E-state index >= 15 is 0 Å². The Morgan fingerprint density at radius 2 is 2.21 bits per heavy atom. The van der Waals surface area contributed by atoms with Crippen LogP contribution in [0.25, 0.3) is 0 Å². The Hall–Kier alpha value is -2.44. The average molecular weight is 265 g/mol. The van der Waals surface area contributed by atoms with E-state index < -0.39 is 10.9 Å². The number of nitrogens with one attached hydrogen (secondary N) is 1. The van der Waals surface area contributed by atoms with Gasteiger partial charge in [0.1, 0.15) is 11.4 Å². The number of carbonyl (C=O) groups is 1. The van der Waals surface area contributed by atoms with Crippen molar-refractivity contribution in [2.45, 2.75) is 20.8 Å². The van der Waals surface area contributed by atoms with Crippen molar-refractivity contribution >= 4 is 23.1 Å². The number of esters is 1. The molecule has 0 unspecified atom stereocenters. The number of aryl methyl sites for hydroxylation is 1. The van der Waals surface area contributed by atoms with E-state index in [4.69, 9.17) is 4.74 Å². The standard InChI is InChI=1S/C12H15N3O4/c1-4-19-12(16)9(3)13-14-10-6-5-8(2)7-11(10)15(17)18/h5-7,14H,4H2,1-3H3. The van der Waals surface area contributed by atoms with Crippen molar-refractivity contribution in [2.75, 3.05) is 12.0 Å². The van der Waals surface area contributed by atoms with E-state index in [9.17, 15) is 14.9 Å². The third-order valence-electron chi connectivity index (χ3n) is 2.26. The first-order valence-electron chi connectivity index (χ1n) is 5.68. The molecule has 0 aliphatic rings. The molecule has 1 rings (SSSR count). The predicted molar refractivity (Wildman–Crippen MR) is 71.2 cm³/mol. The molecule has 0 saturated heterocycles. The summed E-state index contributed by atoms with van der Waals surface area (Å²) in [6.07, 6.45) is 0. The molecular weight excluding hydrogens is 250 g/mol. The summed E-state index contributed by atoms with van der Waals surface area (Å²) in [5.74, 6) is -0.565. The maximum atomic E-state index is 11.3. The van der Waals surface area contributed by atoms with Crippen LogP contribution in [0.5, 0.6) is 0 Å². The molecule has 102 valence electrons. The Morgan fingerprint density at radius 3 is 2.79 bits per heavy atom. The first kappa shape index (κ1) is 14.6. The number of benzene rings is 1. The minimum Gasteiger partial charge on any atom is -0.461 e. The van der Waals surface area contributed by atoms with Crippen LogP contribution >= 0.6 is 0 Å². The fourth-order valence-electron chi connectivity index (χ4n) is 1.31. The number of nitrogens with zero attached hydrogens (tertiary/aromatic N) is 2. The minimum atomic E-state index is -0.565. The Balaban J connectivity index is 2.91. The number of nitro groups is 1. The Labute approximate surface area is 110 Å². The molecule has 1 aromatic rings. The van der Waals surface area contributed by atoms with Gasteiger partial charge in [0.2, 0.25) is 0 Å². The molecule has 0 amide bonds. The first-order chi connectivity index (χ1) is 8.95. The predicted octanol–water partition coefficient (Wildman–Crippen LogP) is 2.25. The van der Waals surface area contributed by atoms with Gasteiger partial charge in [0, 0.05) is 6.07 Å². The van der Waals surface area contributed by atoms with Gasteiger partial charge in [0.05, 0.1) is 11.5 Å². The van der Waals surface area contributed by atoms with E-state index in [0.717, 1.165) is 5.56 Å². The van der Waals surface area contributed by atoms with Crippen LogP contribution in [0, 0.1) is 17.0 Å². The van der Waals surface area contributed by atoms with E-state index in [1.54, 1.807) is 19.9 Å². The van der Waals surface area contributed by atoms with Gasteiger partial charge in [-0.3, -0.25) is 15.5 Å². The van der Waals surface area contributed by atoms with Gasteiger partial charge in [-0.05, 0) is 32.4 Å². The highest BCUT2D eigenvalue weighted by atomic mass is 16.6. The van der Waals surface area contributed by atoms with Crippen LogP contribution in [0.4, 0.5) is 11.4 Å². The molecule has 0 aromatic heterocycles. The molecule has 0 atom stereocenters. The van der Waals surface area contributed by atoms with Crippen molar-refractivity contribution in [3.63, 3.8) is 0 Å². The van der Waals surface area contributed by atoms with E-state index in [2.05, 4.69) is 10.5 Å². The van der Waals surface area contributed by atoms with Gasteiger partial charge in [-0.15, -0.1) is 0 Å². The zero-order chi connectivity index (χ0) is 14.4. The summed E-state index contributed by atoms with van der Waals surface area (Å²) in [6, 6.07) is 4.68. The number of rotatable bonds is 5. The van der Waals surface area contributed by atoms with Crippen molar-refractivity contribution in [1.82, 2.24) is 0 Å². The third-order valence-corrected chi connectivity index (χ3v) is 2.26. The maximum Gasteiger partial charge on any atom is 0.354 e. The monoisotopic (exact) mass is 265 g/mol. The quantitative estimate of drug-likeness (QED) is 0.381. The second-order valence-corrected chi connectivity index (χ2v) is 3.81. The second kappa shape index (κ2) is 6.48. The topological polar surface area (TPSA) is 93.8 Å². The Bertz CT molecular complexity index is 526. The van der Waals surface area contributed by atoms with Gasteiger partial charge in [0.15, 0.2) is 0 Å². The molecule has 1 N–H and O–H groups in total. The summed E-state index contributed by atoms with van der Waals surface area (Å²) >= 11 is 0. The molecule has 7 nitrogen and oxygen atoms in total. The van der Waals surface area contributed by atoms with Crippen LogP contribution in [0.3, 0.4) is 0 Å². The lowest BCUT2D eigenvalue weighted by Gasteiger charge is -2.04. The highest BCUT2D eigenvalue weighted by Crippen LogP contribution is 2.25. The summed E-state index contributed by atoms with van der Waals surface area (Å²) < 4.78 is 4.75. The van der Waals surface area contributed by atoms with Crippen LogP contribution < -0.4 is 5.43 Å². The van der Waals surface area contributed by atoms with Crippen molar-refractivity contribution in [3.05, 3.63) is 33.9 Å². The van der Waals surface area contributed by atoms with Gasteiger partial charge in [-0.1, -0.05) is 6.07 Å². The summed E-state index contributed by atoms with van der Waals surface area (Å²) in [4.78, 5) is 21.7. The van der Waals surface area contributed by atoms with Crippen LogP contribution in [-0.2, 0) is 9.53 Å². The van der Waals surface area contributed by atoms with Crippen molar-refractivity contribution < 1.29 is 14.5 Å². The fourth-order valence-corrected chi connectivity index (χ4v) is 1.31. The maximum absolute atomic E-state index is 11.3. The van der Waals surface area contributed by atoms with Gasteiger partial charge in [-0.25, -0.2) is 4.79 Å². The van der Waals surface area contributed by atoms with Gasteiger partial charge < -0.3 is 4.74 Å². The Kier molecular flexibility index (Phi) is 4.99. The molecule has 0 saturated carbocycles. The summed E-state index contributed by atoms with van der Waals surface area (Å²) in [5, 5.41) is 14.7. The number of hydrogen-bond donors (Lipinski definition) is 1. The van der Waals surface area contributed by atoms with Crippen molar-refractivity contribution in [1.29, 1.82) is 0 Å². The molecule has 0 aliphatic heterocycles. The third kappa shape index (κ3) is 4.06. The normalized spacial score (nSPS) is 11.0. The number of carbonyl (C=O) groups excluding carboxylic acids is 1. The molecular formula is C12H15N3O4. The van der Waals surface area contributed by atoms with E-state index in [-0.39, 0.29) is 23.7 Å². The van der Waals surface area contributed by atoms with Crippen molar-refractivity contribution in [3.8, 4) is 0 Å². The smallest absolute Gasteiger partial charge is 0.354 e. The van der Waals surface area contributed by atoms with E-state index in [0.29, 0.717) is 0 Å². The summed E-state index contributed by atoms with van der Waals surface area (Å²) in [5.41, 5.74) is 3.49. The van der Waals surface area contributed by atoms with Gasteiger partial charge in [0.25, 0.3) is 5.69 Å². The van der Waals surface area contributed by atoms with Crippen LogP contribution in [0.2, 0.25) is 0 Å². The highest BCUT2D eigenvalue weighted by molar-refractivity contribution is 6.35. The Morgan fingerprint density at radius 1 is 1.53 bits per heavy atom. The van der Waals surface area contributed by atoms with E-state index in [1.807, 2.05) is 0 Å². The number of anilines is 1. The lowest BCUT2D eigenvalue weighted by Crippen LogP contribution is -2.15. The second-order valence-electron chi connectivity index (χ2n) is 3.81. The molecule has 0 heterocycles. The fraction of sp³-hybridized carbons (Fsp3) is 0.333. The molecule has 0 bridgehead atoms. The van der Waals surface area contributed by atoms with Crippen LogP contribution in [-0.4, -0.2) is 23.2 Å². The highest BCUT2D eigenvalue weighted by Gasteiger charge is 2.14. The minimum absolute atomic E-state index is 0.0942.